The van der Waals surface area contributed by atoms with Gasteiger partial charge < -0.3 is 10.2 Å². The summed E-state index contributed by atoms with van der Waals surface area (Å²) in [5, 5.41) is 10.7. The summed E-state index contributed by atoms with van der Waals surface area (Å²) in [5.74, 6) is -0.124. The normalized spacial score (nSPS) is 16.8. The summed E-state index contributed by atoms with van der Waals surface area (Å²) in [4.78, 5) is 21.4. The molecule has 0 saturated heterocycles. The second-order valence-corrected chi connectivity index (χ2v) is 5.34. The summed E-state index contributed by atoms with van der Waals surface area (Å²) in [7, 11) is 0. The number of aromatic nitrogens is 3. The Kier molecular flexibility index (Phi) is 4.05. The molecule has 1 aromatic heterocycles. The molecular formula is C15H16FN5O2. The molecule has 1 aliphatic heterocycles. The van der Waals surface area contributed by atoms with E-state index in [4.69, 9.17) is 4.84 Å². The molecule has 120 valence electrons. The maximum Gasteiger partial charge on any atom is 0.291 e. The van der Waals surface area contributed by atoms with Crippen LogP contribution >= 0.6 is 0 Å². The van der Waals surface area contributed by atoms with Gasteiger partial charge in [0.25, 0.3) is 5.91 Å². The number of rotatable bonds is 4. The van der Waals surface area contributed by atoms with E-state index in [0.29, 0.717) is 24.5 Å². The zero-order valence-corrected chi connectivity index (χ0v) is 12.8. The van der Waals surface area contributed by atoms with Gasteiger partial charge in [0.15, 0.2) is 0 Å². The van der Waals surface area contributed by atoms with Crippen LogP contribution in [0.25, 0.3) is 5.69 Å². The second-order valence-electron chi connectivity index (χ2n) is 5.34. The van der Waals surface area contributed by atoms with E-state index < -0.39 is 0 Å². The van der Waals surface area contributed by atoms with Crippen molar-refractivity contribution in [3.05, 3.63) is 41.7 Å². The van der Waals surface area contributed by atoms with Gasteiger partial charge >= 0.3 is 0 Å². The summed E-state index contributed by atoms with van der Waals surface area (Å²) < 4.78 is 14.5. The number of hydrogen-bond acceptors (Lipinski definition) is 5. The Morgan fingerprint density at radius 1 is 1.39 bits per heavy atom. The number of nitrogens with zero attached hydrogens (tertiary/aromatic N) is 4. The number of carbonyl (C=O) groups excluding carboxylic acids is 1. The van der Waals surface area contributed by atoms with Crippen LogP contribution < -0.4 is 5.32 Å². The average Bonchev–Trinajstić information content (AvgIpc) is 3.12. The molecule has 1 aliphatic rings. The van der Waals surface area contributed by atoms with Gasteiger partial charge in [-0.05, 0) is 38.1 Å². The number of amides is 1. The predicted octanol–water partition coefficient (Wildman–Crippen LogP) is 1.61. The lowest BCUT2D eigenvalue weighted by atomic mass is 10.2. The Labute approximate surface area is 132 Å². The lowest BCUT2D eigenvalue weighted by molar-refractivity contribution is 0.0748. The van der Waals surface area contributed by atoms with Crippen molar-refractivity contribution in [1.82, 2.24) is 20.1 Å². The smallest absolute Gasteiger partial charge is 0.291 e. The van der Waals surface area contributed by atoms with E-state index >= 15 is 0 Å². The predicted molar refractivity (Wildman–Crippen MR) is 81.0 cm³/mol. The highest BCUT2D eigenvalue weighted by Crippen LogP contribution is 2.11. The van der Waals surface area contributed by atoms with Crippen LogP contribution in [0.1, 0.15) is 29.8 Å². The van der Waals surface area contributed by atoms with Gasteiger partial charge in [-0.25, -0.2) is 14.1 Å². The number of oxime groups is 1. The third-order valence-electron chi connectivity index (χ3n) is 3.41. The Hall–Kier alpha value is -2.77. The molecule has 1 amide bonds. The Balaban J connectivity index is 1.67. The van der Waals surface area contributed by atoms with E-state index in [0.717, 1.165) is 5.71 Å². The maximum atomic E-state index is 13.0. The number of nitrogens with one attached hydrogen (secondary N) is 1. The van der Waals surface area contributed by atoms with Crippen molar-refractivity contribution in [2.24, 2.45) is 5.16 Å². The third kappa shape index (κ3) is 3.36. The molecule has 0 aliphatic carbocycles. The monoisotopic (exact) mass is 317 g/mol. The van der Waals surface area contributed by atoms with Gasteiger partial charge in [0.2, 0.25) is 5.82 Å². The zero-order valence-electron chi connectivity index (χ0n) is 12.8. The van der Waals surface area contributed by atoms with E-state index in [1.807, 2.05) is 6.92 Å². The van der Waals surface area contributed by atoms with Crippen LogP contribution in [-0.4, -0.2) is 39.0 Å². The van der Waals surface area contributed by atoms with Crippen LogP contribution in [0.5, 0.6) is 0 Å². The minimum Gasteiger partial charge on any atom is -0.390 e. The van der Waals surface area contributed by atoms with Crippen molar-refractivity contribution in [2.75, 3.05) is 6.54 Å². The molecule has 1 N–H and O–H groups in total. The van der Waals surface area contributed by atoms with Crippen LogP contribution in [0, 0.1) is 12.7 Å². The van der Waals surface area contributed by atoms with Crippen LogP contribution in [0.2, 0.25) is 0 Å². The number of carbonyl (C=O) groups is 1. The van der Waals surface area contributed by atoms with Gasteiger partial charge in [-0.15, -0.1) is 5.10 Å². The second kappa shape index (κ2) is 6.15. The largest absolute Gasteiger partial charge is 0.390 e. The SMILES string of the molecule is CC1=NOC(CNC(=O)c2nc(C)n(-c3ccc(F)cc3)n2)C1. The van der Waals surface area contributed by atoms with Crippen LogP contribution in [0.3, 0.4) is 0 Å². The van der Waals surface area contributed by atoms with Gasteiger partial charge in [-0.2, -0.15) is 0 Å². The molecule has 0 fully saturated rings. The van der Waals surface area contributed by atoms with Crippen LogP contribution in [0.15, 0.2) is 29.4 Å². The average molecular weight is 317 g/mol. The van der Waals surface area contributed by atoms with E-state index in [-0.39, 0.29) is 23.7 Å². The quantitative estimate of drug-likeness (QED) is 0.929. The highest BCUT2D eigenvalue weighted by molar-refractivity contribution is 5.90. The minimum atomic E-state index is -0.387. The van der Waals surface area contributed by atoms with Gasteiger partial charge in [0.1, 0.15) is 17.7 Å². The Morgan fingerprint density at radius 3 is 2.78 bits per heavy atom. The van der Waals surface area contributed by atoms with Crippen LogP contribution in [0.4, 0.5) is 4.39 Å². The van der Waals surface area contributed by atoms with E-state index in [9.17, 15) is 9.18 Å². The van der Waals surface area contributed by atoms with Crippen molar-refractivity contribution in [3.8, 4) is 5.69 Å². The summed E-state index contributed by atoms with van der Waals surface area (Å²) in [6.45, 7) is 3.94. The first-order valence-electron chi connectivity index (χ1n) is 7.20. The fourth-order valence-electron chi connectivity index (χ4n) is 2.28. The van der Waals surface area contributed by atoms with E-state index in [1.165, 1.54) is 16.8 Å². The van der Waals surface area contributed by atoms with Crippen molar-refractivity contribution in [3.63, 3.8) is 0 Å². The van der Waals surface area contributed by atoms with Gasteiger partial charge in [-0.3, -0.25) is 4.79 Å². The molecule has 1 unspecified atom stereocenters. The topological polar surface area (TPSA) is 81.4 Å². The lowest BCUT2D eigenvalue weighted by Crippen LogP contribution is -2.32. The highest BCUT2D eigenvalue weighted by atomic mass is 19.1. The summed E-state index contributed by atoms with van der Waals surface area (Å²) in [5.41, 5.74) is 1.54. The molecule has 0 bridgehead atoms. The van der Waals surface area contributed by atoms with Crippen molar-refractivity contribution >= 4 is 11.6 Å². The lowest BCUT2D eigenvalue weighted by Gasteiger charge is -2.08. The number of benzene rings is 1. The number of halogens is 1. The van der Waals surface area contributed by atoms with Gasteiger partial charge in [0, 0.05) is 6.42 Å². The molecule has 3 rings (SSSR count). The highest BCUT2D eigenvalue weighted by Gasteiger charge is 2.21. The Morgan fingerprint density at radius 2 is 2.13 bits per heavy atom. The molecular weight excluding hydrogens is 301 g/mol. The van der Waals surface area contributed by atoms with E-state index in [1.54, 1.807) is 19.1 Å². The number of hydrogen-bond donors (Lipinski definition) is 1. The molecule has 0 saturated carbocycles. The molecule has 7 nitrogen and oxygen atoms in total. The molecule has 0 spiro atoms. The van der Waals surface area contributed by atoms with Crippen molar-refractivity contribution in [1.29, 1.82) is 0 Å². The molecule has 0 radical (unpaired) electrons. The first kappa shape index (κ1) is 15.1. The van der Waals surface area contributed by atoms with Crippen LogP contribution in [-0.2, 0) is 4.84 Å². The molecule has 2 heterocycles. The first-order chi connectivity index (χ1) is 11.0. The molecule has 23 heavy (non-hydrogen) atoms. The van der Waals surface area contributed by atoms with Gasteiger partial charge in [0.05, 0.1) is 17.9 Å². The summed E-state index contributed by atoms with van der Waals surface area (Å²) >= 11 is 0. The summed E-state index contributed by atoms with van der Waals surface area (Å²) in [6, 6.07) is 5.81. The standard InChI is InChI=1S/C15H16FN5O2/c1-9-7-13(23-20-9)8-17-15(22)14-18-10(2)21(19-14)12-5-3-11(16)4-6-12/h3-6,13H,7-8H2,1-2H3,(H,17,22). The number of aryl methyl sites for hydroxylation is 1. The molecule has 1 aromatic carbocycles. The fourth-order valence-corrected chi connectivity index (χ4v) is 2.28. The molecule has 2 aromatic rings. The minimum absolute atomic E-state index is 0.0578. The van der Waals surface area contributed by atoms with Gasteiger partial charge in [-0.1, -0.05) is 5.16 Å². The maximum absolute atomic E-state index is 13.0. The van der Waals surface area contributed by atoms with Crippen molar-refractivity contribution in [2.45, 2.75) is 26.4 Å². The fraction of sp³-hybridized carbons (Fsp3) is 0.333. The molecule has 8 heteroatoms. The molecule has 1 atom stereocenters. The Bertz CT molecular complexity index is 754. The third-order valence-corrected chi connectivity index (χ3v) is 3.41. The first-order valence-corrected chi connectivity index (χ1v) is 7.20. The summed E-state index contributed by atoms with van der Waals surface area (Å²) in [6.07, 6.45) is 0.538. The zero-order chi connectivity index (χ0) is 16.4. The van der Waals surface area contributed by atoms with Crippen molar-refractivity contribution < 1.29 is 14.0 Å². The van der Waals surface area contributed by atoms with E-state index in [2.05, 4.69) is 20.6 Å².